The highest BCUT2D eigenvalue weighted by molar-refractivity contribution is 5.77. The van der Waals surface area contributed by atoms with Gasteiger partial charge in [0.2, 0.25) is 5.91 Å². The Bertz CT molecular complexity index is 1100. The zero-order chi connectivity index (χ0) is 48.8. The minimum atomic E-state index is -0.792. The van der Waals surface area contributed by atoms with Gasteiger partial charge in [0, 0.05) is 6.42 Å². The van der Waals surface area contributed by atoms with Crippen molar-refractivity contribution < 1.29 is 24.5 Å². The van der Waals surface area contributed by atoms with Gasteiger partial charge in [0.05, 0.1) is 25.2 Å². The maximum Gasteiger partial charge on any atom is 0.306 e. The SMILES string of the molecule is CCCCC/C=C\C/C=C\C/C=C\CCCCCCC(CC(=O)NC(CO)C(O)CCCCCCCCCCCCCCCCC)OC(=O)CCCCCCCCCCCCCCCCCC. The van der Waals surface area contributed by atoms with Gasteiger partial charge in [0.1, 0.15) is 6.10 Å². The Balaban J connectivity index is 4.57. The van der Waals surface area contributed by atoms with E-state index < -0.39 is 18.2 Å². The van der Waals surface area contributed by atoms with E-state index in [2.05, 4.69) is 62.5 Å². The summed E-state index contributed by atoms with van der Waals surface area (Å²) >= 11 is 0. The molecule has 0 aliphatic heterocycles. The molecule has 0 aliphatic rings. The molecule has 0 aromatic rings. The molecule has 0 aromatic carbocycles. The molecule has 6 heteroatoms. The van der Waals surface area contributed by atoms with Crippen molar-refractivity contribution in [3.63, 3.8) is 0 Å². The number of rotatable bonds is 54. The maximum absolute atomic E-state index is 13.3. The predicted molar refractivity (Wildman–Crippen MR) is 292 cm³/mol. The van der Waals surface area contributed by atoms with E-state index >= 15 is 0 Å². The van der Waals surface area contributed by atoms with Crippen LogP contribution in [0, 0.1) is 0 Å². The molecule has 394 valence electrons. The minimum absolute atomic E-state index is 0.0672. The largest absolute Gasteiger partial charge is 0.462 e. The van der Waals surface area contributed by atoms with Crippen LogP contribution in [0.4, 0.5) is 0 Å². The normalized spacial score (nSPS) is 13.3. The van der Waals surface area contributed by atoms with Crippen molar-refractivity contribution >= 4 is 11.9 Å². The molecule has 0 spiro atoms. The van der Waals surface area contributed by atoms with E-state index in [9.17, 15) is 19.8 Å². The molecule has 0 fully saturated rings. The summed E-state index contributed by atoms with van der Waals surface area (Å²) in [4.78, 5) is 26.3. The molecule has 0 rings (SSSR count). The number of carbonyl (C=O) groups excluding carboxylic acids is 2. The number of nitrogens with one attached hydrogen (secondary N) is 1. The molecule has 0 radical (unpaired) electrons. The Morgan fingerprint density at radius 2 is 0.761 bits per heavy atom. The minimum Gasteiger partial charge on any atom is -0.462 e. The van der Waals surface area contributed by atoms with Crippen LogP contribution < -0.4 is 5.32 Å². The first-order valence-electron chi connectivity index (χ1n) is 29.7. The number of aliphatic hydroxyl groups excluding tert-OH is 2. The summed E-state index contributed by atoms with van der Waals surface area (Å²) in [7, 11) is 0. The molecular weight excluding hydrogens is 827 g/mol. The van der Waals surface area contributed by atoms with Crippen LogP contribution in [0.1, 0.15) is 316 Å². The second-order valence-corrected chi connectivity index (χ2v) is 20.4. The molecule has 0 saturated heterocycles. The Kier molecular flexibility index (Phi) is 53.4. The number of aliphatic hydroxyl groups is 2. The summed E-state index contributed by atoms with van der Waals surface area (Å²) in [5, 5.41) is 23.9. The highest BCUT2D eigenvalue weighted by Gasteiger charge is 2.24. The average Bonchev–Trinajstić information content (AvgIpc) is 3.32. The molecule has 1 amide bonds. The van der Waals surface area contributed by atoms with Crippen molar-refractivity contribution in [2.75, 3.05) is 6.61 Å². The molecule has 3 atom stereocenters. The summed E-state index contributed by atoms with van der Waals surface area (Å²) in [6, 6.07) is -0.707. The monoisotopic (exact) mass is 942 g/mol. The fourth-order valence-electron chi connectivity index (χ4n) is 9.20. The van der Waals surface area contributed by atoms with E-state index in [1.165, 1.54) is 193 Å². The highest BCUT2D eigenvalue weighted by Crippen LogP contribution is 2.19. The lowest BCUT2D eigenvalue weighted by Gasteiger charge is -2.24. The standard InChI is InChI=1S/C61H115NO5/c1-4-7-10-13-16-19-22-25-28-30-32-34-37-40-43-46-49-52-57(67-61(66)54-51-48-45-42-39-36-33-29-26-23-20-17-14-11-8-5-2)55-60(65)62-58(56-63)59(64)53-50-47-44-41-38-35-31-27-24-21-18-15-12-9-6-3/h16,19,25,28,32,34,57-59,63-64H,4-15,17-18,20-24,26-27,29-31,33,35-56H2,1-3H3,(H,62,65)/b19-16-,28-25-,34-32-. The zero-order valence-electron chi connectivity index (χ0n) is 45.0. The van der Waals surface area contributed by atoms with Gasteiger partial charge in [0.15, 0.2) is 0 Å². The fraction of sp³-hybridized carbons (Fsp3) is 0.869. The van der Waals surface area contributed by atoms with Crippen molar-refractivity contribution in [3.05, 3.63) is 36.5 Å². The van der Waals surface area contributed by atoms with Crippen LogP contribution >= 0.6 is 0 Å². The Morgan fingerprint density at radius 3 is 1.18 bits per heavy atom. The van der Waals surface area contributed by atoms with Gasteiger partial charge < -0.3 is 20.3 Å². The Labute approximate surface area is 417 Å². The molecule has 0 aliphatic carbocycles. The van der Waals surface area contributed by atoms with Crippen LogP contribution in [0.2, 0.25) is 0 Å². The third kappa shape index (κ3) is 50.3. The lowest BCUT2D eigenvalue weighted by molar-refractivity contribution is -0.151. The number of hydrogen-bond acceptors (Lipinski definition) is 5. The quantitative estimate of drug-likeness (QED) is 0.0321. The first-order valence-corrected chi connectivity index (χ1v) is 29.7. The second-order valence-electron chi connectivity index (χ2n) is 20.4. The summed E-state index contributed by atoms with van der Waals surface area (Å²) in [5.74, 6) is -0.478. The van der Waals surface area contributed by atoms with Crippen molar-refractivity contribution in [2.24, 2.45) is 0 Å². The molecule has 0 aromatic heterocycles. The lowest BCUT2D eigenvalue weighted by atomic mass is 10.0. The number of allylic oxidation sites excluding steroid dienone is 6. The van der Waals surface area contributed by atoms with Crippen LogP contribution in [-0.4, -0.2) is 46.9 Å². The number of carbonyl (C=O) groups is 2. The van der Waals surface area contributed by atoms with Crippen LogP contribution in [0.5, 0.6) is 0 Å². The van der Waals surface area contributed by atoms with E-state index in [0.717, 1.165) is 77.0 Å². The molecule has 0 saturated carbocycles. The maximum atomic E-state index is 13.3. The van der Waals surface area contributed by atoms with Gasteiger partial charge in [0.25, 0.3) is 0 Å². The van der Waals surface area contributed by atoms with Crippen molar-refractivity contribution in [2.45, 2.75) is 334 Å². The van der Waals surface area contributed by atoms with Gasteiger partial charge in [-0.15, -0.1) is 0 Å². The summed E-state index contributed by atoms with van der Waals surface area (Å²) in [6.45, 7) is 6.49. The topological polar surface area (TPSA) is 95.9 Å². The third-order valence-electron chi connectivity index (χ3n) is 13.7. The van der Waals surface area contributed by atoms with Crippen molar-refractivity contribution in [3.8, 4) is 0 Å². The number of amides is 1. The summed E-state index contributed by atoms with van der Waals surface area (Å²) in [6.07, 6.45) is 66.4. The smallest absolute Gasteiger partial charge is 0.306 e. The molecule has 0 heterocycles. The Morgan fingerprint density at radius 1 is 0.433 bits per heavy atom. The highest BCUT2D eigenvalue weighted by atomic mass is 16.5. The van der Waals surface area contributed by atoms with Gasteiger partial charge in [-0.25, -0.2) is 0 Å². The zero-order valence-corrected chi connectivity index (χ0v) is 45.0. The molecule has 3 unspecified atom stereocenters. The predicted octanol–water partition coefficient (Wildman–Crippen LogP) is 18.4. The summed E-state index contributed by atoms with van der Waals surface area (Å²) in [5.41, 5.74) is 0. The molecule has 0 bridgehead atoms. The van der Waals surface area contributed by atoms with Crippen LogP contribution in [0.3, 0.4) is 0 Å². The number of ether oxygens (including phenoxy) is 1. The van der Waals surface area contributed by atoms with E-state index in [1.807, 2.05) is 0 Å². The van der Waals surface area contributed by atoms with Crippen molar-refractivity contribution in [1.82, 2.24) is 5.32 Å². The van der Waals surface area contributed by atoms with Crippen LogP contribution in [-0.2, 0) is 14.3 Å². The summed E-state index contributed by atoms with van der Waals surface area (Å²) < 4.78 is 5.96. The van der Waals surface area contributed by atoms with E-state index in [4.69, 9.17) is 4.74 Å². The van der Waals surface area contributed by atoms with Gasteiger partial charge in [-0.1, -0.05) is 276 Å². The van der Waals surface area contributed by atoms with Gasteiger partial charge in [-0.3, -0.25) is 9.59 Å². The molecule has 6 nitrogen and oxygen atoms in total. The molecule has 67 heavy (non-hydrogen) atoms. The third-order valence-corrected chi connectivity index (χ3v) is 13.7. The van der Waals surface area contributed by atoms with Crippen LogP contribution in [0.25, 0.3) is 0 Å². The Hall–Kier alpha value is -1.92. The second kappa shape index (κ2) is 55.0. The van der Waals surface area contributed by atoms with Crippen molar-refractivity contribution in [1.29, 1.82) is 0 Å². The first-order chi connectivity index (χ1) is 33.0. The number of esters is 1. The number of unbranched alkanes of at least 4 members (excludes halogenated alkanes) is 36. The van der Waals surface area contributed by atoms with E-state index in [-0.39, 0.29) is 24.9 Å². The average molecular weight is 943 g/mol. The molecular formula is C61H115NO5. The van der Waals surface area contributed by atoms with Gasteiger partial charge in [-0.05, 0) is 64.2 Å². The van der Waals surface area contributed by atoms with E-state index in [1.54, 1.807) is 0 Å². The van der Waals surface area contributed by atoms with Crippen LogP contribution in [0.15, 0.2) is 36.5 Å². The van der Waals surface area contributed by atoms with Gasteiger partial charge in [-0.2, -0.15) is 0 Å². The first kappa shape index (κ1) is 65.1. The van der Waals surface area contributed by atoms with Gasteiger partial charge >= 0.3 is 5.97 Å². The molecule has 3 N–H and O–H groups in total. The fourth-order valence-corrected chi connectivity index (χ4v) is 9.20. The number of hydrogen-bond donors (Lipinski definition) is 3. The lowest BCUT2D eigenvalue weighted by Crippen LogP contribution is -2.46. The van der Waals surface area contributed by atoms with E-state index in [0.29, 0.717) is 19.3 Å².